The van der Waals surface area contributed by atoms with Crippen LogP contribution in [0, 0.1) is 12.7 Å². The van der Waals surface area contributed by atoms with Crippen LogP contribution in [-0.2, 0) is 0 Å². The van der Waals surface area contributed by atoms with Crippen LogP contribution >= 0.6 is 0 Å². The third kappa shape index (κ3) is 3.22. The lowest BCUT2D eigenvalue weighted by atomic mass is 10.0. The van der Waals surface area contributed by atoms with Gasteiger partial charge in [0.15, 0.2) is 0 Å². The van der Waals surface area contributed by atoms with Crippen LogP contribution in [0.5, 0.6) is 0 Å². The summed E-state index contributed by atoms with van der Waals surface area (Å²) in [6.45, 7) is 10.7. The minimum absolute atomic E-state index is 0.255. The van der Waals surface area contributed by atoms with Gasteiger partial charge in [-0.1, -0.05) is 6.92 Å². The third-order valence-corrected chi connectivity index (χ3v) is 3.16. The molecular weight excluding hydrogens is 229 g/mol. The van der Waals surface area contributed by atoms with Gasteiger partial charge in [-0.3, -0.25) is 0 Å². The molecule has 1 aromatic carbocycles. The summed E-state index contributed by atoms with van der Waals surface area (Å²) in [5.74, 6) is -0.255. The molecule has 0 spiro atoms. The number of benzene rings is 1. The molecule has 1 aromatic rings. The first-order valence-corrected chi connectivity index (χ1v) is 6.63. The molecule has 0 aliphatic heterocycles. The van der Waals surface area contributed by atoms with Gasteiger partial charge in [-0.15, -0.1) is 0 Å². The van der Waals surface area contributed by atoms with Gasteiger partial charge in [0.25, 0.3) is 0 Å². The quantitative estimate of drug-likeness (QED) is 0.862. The number of rotatable bonds is 5. The number of anilines is 1. The number of nitrogens with zero attached hydrogens (tertiary/aromatic N) is 1. The average Bonchev–Trinajstić information content (AvgIpc) is 2.28. The largest absolute Gasteiger partial charge is 0.389 e. The lowest BCUT2D eigenvalue weighted by Crippen LogP contribution is -2.32. The van der Waals surface area contributed by atoms with Crippen molar-refractivity contribution in [3.8, 4) is 0 Å². The van der Waals surface area contributed by atoms with Crippen LogP contribution in [0.1, 0.15) is 51.3 Å². The predicted octanol–water partition coefficient (Wildman–Crippen LogP) is 3.81. The summed E-state index contributed by atoms with van der Waals surface area (Å²) >= 11 is 0. The Morgan fingerprint density at radius 3 is 2.33 bits per heavy atom. The summed E-state index contributed by atoms with van der Waals surface area (Å²) in [6, 6.07) is 3.63. The van der Waals surface area contributed by atoms with Crippen molar-refractivity contribution >= 4 is 5.69 Å². The second kappa shape index (κ2) is 6.19. The van der Waals surface area contributed by atoms with E-state index in [1.165, 1.54) is 6.07 Å². The van der Waals surface area contributed by atoms with Crippen molar-refractivity contribution in [2.24, 2.45) is 0 Å². The molecule has 102 valence electrons. The summed E-state index contributed by atoms with van der Waals surface area (Å²) in [7, 11) is 0. The van der Waals surface area contributed by atoms with Crippen LogP contribution in [0.3, 0.4) is 0 Å². The topological polar surface area (TPSA) is 23.5 Å². The summed E-state index contributed by atoms with van der Waals surface area (Å²) in [5, 5.41) is 9.83. The van der Waals surface area contributed by atoms with Crippen molar-refractivity contribution in [2.75, 3.05) is 11.4 Å². The highest BCUT2D eigenvalue weighted by Crippen LogP contribution is 2.30. The Morgan fingerprint density at radius 2 is 1.89 bits per heavy atom. The molecule has 0 amide bonds. The molecule has 0 saturated carbocycles. The Morgan fingerprint density at radius 1 is 1.28 bits per heavy atom. The first-order chi connectivity index (χ1) is 8.38. The highest BCUT2D eigenvalue weighted by atomic mass is 19.1. The van der Waals surface area contributed by atoms with Gasteiger partial charge in [-0.2, -0.15) is 0 Å². The van der Waals surface area contributed by atoms with Crippen molar-refractivity contribution < 1.29 is 9.50 Å². The molecule has 2 nitrogen and oxygen atoms in total. The van der Waals surface area contributed by atoms with Crippen molar-refractivity contribution in [2.45, 2.75) is 53.2 Å². The van der Waals surface area contributed by atoms with Crippen molar-refractivity contribution in [3.05, 3.63) is 29.1 Å². The van der Waals surface area contributed by atoms with Gasteiger partial charge in [0.2, 0.25) is 0 Å². The number of halogens is 1. The fourth-order valence-corrected chi connectivity index (χ4v) is 2.16. The Hall–Kier alpha value is -1.09. The summed E-state index contributed by atoms with van der Waals surface area (Å²) in [4.78, 5) is 2.22. The minimum Gasteiger partial charge on any atom is -0.389 e. The van der Waals surface area contributed by atoms with Crippen LogP contribution in [0.25, 0.3) is 0 Å². The summed E-state index contributed by atoms with van der Waals surface area (Å²) < 4.78 is 13.6. The molecule has 0 radical (unpaired) electrons. The van der Waals surface area contributed by atoms with Gasteiger partial charge in [-0.05, 0) is 51.8 Å². The van der Waals surface area contributed by atoms with Gasteiger partial charge >= 0.3 is 0 Å². The van der Waals surface area contributed by atoms with Crippen LogP contribution in [0.4, 0.5) is 10.1 Å². The third-order valence-electron chi connectivity index (χ3n) is 3.16. The Kier molecular flexibility index (Phi) is 5.15. The van der Waals surface area contributed by atoms with E-state index in [1.54, 1.807) is 13.8 Å². The van der Waals surface area contributed by atoms with E-state index < -0.39 is 6.10 Å². The highest BCUT2D eigenvalue weighted by Gasteiger charge is 2.18. The molecule has 0 aliphatic rings. The second-order valence-electron chi connectivity index (χ2n) is 5.12. The van der Waals surface area contributed by atoms with Crippen molar-refractivity contribution in [3.63, 3.8) is 0 Å². The zero-order valence-electron chi connectivity index (χ0n) is 12.0. The Labute approximate surface area is 109 Å². The van der Waals surface area contributed by atoms with E-state index in [0.29, 0.717) is 17.2 Å². The number of aryl methyl sites for hydroxylation is 1. The van der Waals surface area contributed by atoms with E-state index in [0.717, 1.165) is 18.7 Å². The normalized spacial score (nSPS) is 12.9. The molecule has 0 saturated heterocycles. The molecule has 1 atom stereocenters. The fraction of sp³-hybridized carbons (Fsp3) is 0.600. The van der Waals surface area contributed by atoms with Gasteiger partial charge in [0, 0.05) is 23.8 Å². The van der Waals surface area contributed by atoms with E-state index >= 15 is 0 Å². The molecule has 0 aliphatic carbocycles. The fourth-order valence-electron chi connectivity index (χ4n) is 2.16. The molecule has 0 bridgehead atoms. The number of hydrogen-bond donors (Lipinski definition) is 1. The second-order valence-corrected chi connectivity index (χ2v) is 5.12. The number of aliphatic hydroxyl groups is 1. The summed E-state index contributed by atoms with van der Waals surface area (Å²) in [6.07, 6.45) is 0.363. The molecule has 0 aromatic heterocycles. The zero-order valence-corrected chi connectivity index (χ0v) is 12.0. The van der Waals surface area contributed by atoms with Gasteiger partial charge in [0.1, 0.15) is 5.82 Å². The van der Waals surface area contributed by atoms with Crippen molar-refractivity contribution in [1.29, 1.82) is 0 Å². The molecule has 1 unspecified atom stereocenters. The van der Waals surface area contributed by atoms with Gasteiger partial charge < -0.3 is 10.0 Å². The van der Waals surface area contributed by atoms with Gasteiger partial charge in [-0.25, -0.2) is 4.39 Å². The van der Waals surface area contributed by atoms with E-state index in [1.807, 2.05) is 6.07 Å². The molecule has 1 rings (SSSR count). The highest BCUT2D eigenvalue weighted by molar-refractivity contribution is 5.57. The summed E-state index contributed by atoms with van der Waals surface area (Å²) in [5.41, 5.74) is 2.23. The van der Waals surface area contributed by atoms with Crippen LogP contribution in [0.15, 0.2) is 12.1 Å². The lowest BCUT2D eigenvalue weighted by molar-refractivity contribution is 0.199. The van der Waals surface area contributed by atoms with E-state index in [4.69, 9.17) is 0 Å². The first-order valence-electron chi connectivity index (χ1n) is 6.63. The molecule has 0 fully saturated rings. The smallest absolute Gasteiger partial charge is 0.126 e. The lowest BCUT2D eigenvalue weighted by Gasteiger charge is -2.31. The monoisotopic (exact) mass is 253 g/mol. The number of hydrogen-bond acceptors (Lipinski definition) is 2. The van der Waals surface area contributed by atoms with Crippen LogP contribution in [-0.4, -0.2) is 17.7 Å². The maximum atomic E-state index is 13.6. The predicted molar refractivity (Wildman–Crippen MR) is 74.5 cm³/mol. The van der Waals surface area contributed by atoms with E-state index in [9.17, 15) is 9.50 Å². The maximum Gasteiger partial charge on any atom is 0.126 e. The molecular formula is C15H24FNO. The van der Waals surface area contributed by atoms with E-state index in [-0.39, 0.29) is 5.82 Å². The molecule has 3 heteroatoms. The first kappa shape index (κ1) is 15.0. The standard InChI is InChI=1S/C15H24FNO/c1-6-7-17(10(2)3)15-8-11(4)14(16)9-13(15)12(5)18/h8-10,12,18H,6-7H2,1-5H3. The average molecular weight is 253 g/mol. The van der Waals surface area contributed by atoms with Gasteiger partial charge in [0.05, 0.1) is 6.10 Å². The molecule has 0 heterocycles. The Balaban J connectivity index is 3.30. The zero-order chi connectivity index (χ0) is 13.9. The SMILES string of the molecule is CCCN(c1cc(C)c(F)cc1C(C)O)C(C)C. The number of aliphatic hydroxyl groups excluding tert-OH is 1. The Bertz CT molecular complexity index is 402. The maximum absolute atomic E-state index is 13.6. The molecule has 1 N–H and O–H groups in total. The van der Waals surface area contributed by atoms with Crippen LogP contribution in [0.2, 0.25) is 0 Å². The molecule has 18 heavy (non-hydrogen) atoms. The van der Waals surface area contributed by atoms with Crippen molar-refractivity contribution in [1.82, 2.24) is 0 Å². The van der Waals surface area contributed by atoms with E-state index in [2.05, 4.69) is 25.7 Å². The van der Waals surface area contributed by atoms with Crippen LogP contribution < -0.4 is 4.90 Å². The minimum atomic E-state index is -0.659.